The fourth-order valence-electron chi connectivity index (χ4n) is 4.59. The number of carbonyl (C=O) groups excluding carboxylic acids is 3. The molecular weight excluding hydrogens is 512 g/mol. The number of anilines is 1. The Morgan fingerprint density at radius 1 is 1.08 bits per heavy atom. The van der Waals surface area contributed by atoms with Crippen LogP contribution in [0.3, 0.4) is 0 Å². The summed E-state index contributed by atoms with van der Waals surface area (Å²) in [5, 5.41) is 13.5. The van der Waals surface area contributed by atoms with Gasteiger partial charge in [0.2, 0.25) is 5.91 Å². The standard InChI is InChI=1S/C27H34N2O8S/c1-6-8-9-21(31)18-11-12-19(28-16(3)30)25-24(18)26(32)29(27(25)33)20(15-38(5,34)35)17-10-13-22(36-4)23(14-17)37-7-2/h10-14,20-21,31H,6-9,15H2,1-5H3,(H,28,30)/t20-,21-/m1/s1. The van der Waals surface area contributed by atoms with E-state index in [1.54, 1.807) is 25.1 Å². The number of fused-ring (bicyclic) bond motifs is 1. The number of hydrogen-bond donors (Lipinski definition) is 2. The highest BCUT2D eigenvalue weighted by molar-refractivity contribution is 7.90. The molecule has 1 heterocycles. The van der Waals surface area contributed by atoms with Gasteiger partial charge in [-0.1, -0.05) is 31.9 Å². The SMILES string of the molecule is CCCC[C@@H](O)c1ccc(NC(C)=O)c2c1C(=O)N([C@H](CS(C)(=O)=O)c1ccc(OC)c(OCC)c1)C2=O. The Morgan fingerprint density at radius 3 is 2.34 bits per heavy atom. The number of carbonyl (C=O) groups is 3. The van der Waals surface area contributed by atoms with Crippen molar-refractivity contribution in [1.82, 2.24) is 4.90 Å². The molecule has 0 saturated heterocycles. The molecule has 3 rings (SSSR count). The van der Waals surface area contributed by atoms with Gasteiger partial charge >= 0.3 is 0 Å². The number of methoxy groups -OCH3 is 1. The van der Waals surface area contributed by atoms with Gasteiger partial charge in [-0.05, 0) is 42.7 Å². The van der Waals surface area contributed by atoms with Gasteiger partial charge in [0, 0.05) is 13.2 Å². The number of unbranched alkanes of at least 4 members (excludes halogenated alkanes) is 1. The minimum atomic E-state index is -3.69. The quantitative estimate of drug-likeness (QED) is 0.385. The van der Waals surface area contributed by atoms with Crippen LogP contribution in [0.25, 0.3) is 0 Å². The number of imide groups is 1. The Labute approximate surface area is 222 Å². The lowest BCUT2D eigenvalue weighted by molar-refractivity contribution is -0.114. The Balaban J connectivity index is 2.21. The predicted molar refractivity (Wildman–Crippen MR) is 142 cm³/mol. The van der Waals surface area contributed by atoms with Gasteiger partial charge in [-0.15, -0.1) is 0 Å². The number of nitrogens with zero attached hydrogens (tertiary/aromatic N) is 1. The molecule has 0 radical (unpaired) electrons. The number of sulfone groups is 1. The van der Waals surface area contributed by atoms with Gasteiger partial charge in [0.25, 0.3) is 11.8 Å². The first kappa shape index (κ1) is 29.1. The van der Waals surface area contributed by atoms with Crippen LogP contribution in [0.5, 0.6) is 11.5 Å². The summed E-state index contributed by atoms with van der Waals surface area (Å²) in [7, 11) is -2.23. The van der Waals surface area contributed by atoms with Gasteiger partial charge in [0.15, 0.2) is 11.5 Å². The summed E-state index contributed by atoms with van der Waals surface area (Å²) in [6, 6.07) is 6.50. The van der Waals surface area contributed by atoms with Crippen molar-refractivity contribution in [2.45, 2.75) is 52.2 Å². The van der Waals surface area contributed by atoms with Crippen LogP contribution in [0.2, 0.25) is 0 Å². The number of aliphatic hydroxyl groups is 1. The molecule has 1 aliphatic rings. The summed E-state index contributed by atoms with van der Waals surface area (Å²) in [4.78, 5) is 40.5. The van der Waals surface area contributed by atoms with Gasteiger partial charge in [0.05, 0.1) is 48.4 Å². The second-order valence-electron chi connectivity index (χ2n) is 9.22. The number of aliphatic hydroxyl groups excluding tert-OH is 1. The maximum absolute atomic E-state index is 13.9. The molecule has 0 saturated carbocycles. The van der Waals surface area contributed by atoms with Crippen LogP contribution in [0.1, 0.15) is 84.0 Å². The van der Waals surface area contributed by atoms with Crippen LogP contribution < -0.4 is 14.8 Å². The molecule has 2 aromatic carbocycles. The van der Waals surface area contributed by atoms with E-state index in [-0.39, 0.29) is 22.4 Å². The highest BCUT2D eigenvalue weighted by atomic mass is 32.2. The molecule has 38 heavy (non-hydrogen) atoms. The van der Waals surface area contributed by atoms with Gasteiger partial charge in [0.1, 0.15) is 9.84 Å². The van der Waals surface area contributed by atoms with E-state index < -0.39 is 45.5 Å². The highest BCUT2D eigenvalue weighted by Gasteiger charge is 2.45. The second-order valence-corrected chi connectivity index (χ2v) is 11.4. The molecule has 0 fully saturated rings. The Hall–Kier alpha value is -3.44. The maximum atomic E-state index is 13.9. The fourth-order valence-corrected chi connectivity index (χ4v) is 5.50. The zero-order valence-corrected chi connectivity index (χ0v) is 23.1. The summed E-state index contributed by atoms with van der Waals surface area (Å²) in [6.07, 6.45) is 1.88. The number of nitrogens with one attached hydrogen (secondary N) is 1. The normalized spacial score (nSPS) is 14.7. The smallest absolute Gasteiger partial charge is 0.264 e. The number of benzene rings is 2. The minimum Gasteiger partial charge on any atom is -0.493 e. The molecule has 206 valence electrons. The monoisotopic (exact) mass is 546 g/mol. The number of hydrogen-bond acceptors (Lipinski definition) is 8. The number of ether oxygens (including phenoxy) is 2. The first-order valence-electron chi connectivity index (χ1n) is 12.4. The summed E-state index contributed by atoms with van der Waals surface area (Å²) in [5.41, 5.74) is 0.606. The fraction of sp³-hybridized carbons (Fsp3) is 0.444. The van der Waals surface area contributed by atoms with Crippen LogP contribution in [-0.4, -0.2) is 61.9 Å². The summed E-state index contributed by atoms with van der Waals surface area (Å²) in [5.74, 6) is -1.76. The van der Waals surface area contributed by atoms with Gasteiger partial charge < -0.3 is 19.9 Å². The molecule has 0 bridgehead atoms. The molecule has 0 unspecified atom stereocenters. The summed E-state index contributed by atoms with van der Waals surface area (Å²) >= 11 is 0. The summed E-state index contributed by atoms with van der Waals surface area (Å²) < 4.78 is 35.9. The Morgan fingerprint density at radius 2 is 1.76 bits per heavy atom. The van der Waals surface area contributed by atoms with Crippen LogP contribution in [0, 0.1) is 0 Å². The average Bonchev–Trinajstić information content (AvgIpc) is 3.11. The first-order valence-corrected chi connectivity index (χ1v) is 14.5. The van der Waals surface area contributed by atoms with Crippen molar-refractivity contribution >= 4 is 33.2 Å². The molecule has 0 aromatic heterocycles. The lowest BCUT2D eigenvalue weighted by Crippen LogP contribution is -2.38. The summed E-state index contributed by atoms with van der Waals surface area (Å²) in [6.45, 7) is 5.32. The third-order valence-corrected chi connectivity index (χ3v) is 7.17. The van der Waals surface area contributed by atoms with E-state index >= 15 is 0 Å². The van der Waals surface area contributed by atoms with E-state index in [0.717, 1.165) is 17.6 Å². The molecule has 0 spiro atoms. The molecule has 2 N–H and O–H groups in total. The van der Waals surface area contributed by atoms with Crippen LogP contribution in [0.15, 0.2) is 30.3 Å². The lowest BCUT2D eigenvalue weighted by Gasteiger charge is -2.27. The van der Waals surface area contributed by atoms with E-state index in [9.17, 15) is 27.9 Å². The van der Waals surface area contributed by atoms with E-state index in [1.807, 2.05) is 6.92 Å². The molecule has 3 amide bonds. The van der Waals surface area contributed by atoms with E-state index in [2.05, 4.69) is 5.32 Å². The Kier molecular flexibility index (Phi) is 9.16. The van der Waals surface area contributed by atoms with Gasteiger partial charge in [-0.2, -0.15) is 0 Å². The molecule has 0 aliphatic carbocycles. The molecule has 2 aromatic rings. The molecule has 2 atom stereocenters. The van der Waals surface area contributed by atoms with Crippen molar-refractivity contribution in [2.75, 3.05) is 31.0 Å². The van der Waals surface area contributed by atoms with E-state index in [4.69, 9.17) is 9.47 Å². The highest BCUT2D eigenvalue weighted by Crippen LogP contribution is 2.41. The Bertz CT molecular complexity index is 1340. The van der Waals surface area contributed by atoms with E-state index in [1.165, 1.54) is 26.2 Å². The third-order valence-electron chi connectivity index (χ3n) is 6.25. The van der Waals surface area contributed by atoms with Crippen LogP contribution in [-0.2, 0) is 14.6 Å². The lowest BCUT2D eigenvalue weighted by atomic mass is 9.94. The first-order chi connectivity index (χ1) is 17.9. The van der Waals surface area contributed by atoms with Crippen molar-refractivity contribution in [3.63, 3.8) is 0 Å². The topological polar surface area (TPSA) is 139 Å². The largest absolute Gasteiger partial charge is 0.493 e. The molecule has 10 nitrogen and oxygen atoms in total. The van der Waals surface area contributed by atoms with Gasteiger partial charge in [-0.3, -0.25) is 19.3 Å². The van der Waals surface area contributed by atoms with Gasteiger partial charge in [-0.25, -0.2) is 8.42 Å². The zero-order valence-electron chi connectivity index (χ0n) is 22.2. The van der Waals surface area contributed by atoms with Crippen LogP contribution >= 0.6 is 0 Å². The van der Waals surface area contributed by atoms with Crippen LogP contribution in [0.4, 0.5) is 5.69 Å². The van der Waals surface area contributed by atoms with Crippen molar-refractivity contribution in [3.05, 3.63) is 52.6 Å². The average molecular weight is 547 g/mol. The maximum Gasteiger partial charge on any atom is 0.264 e. The molecule has 11 heteroatoms. The van der Waals surface area contributed by atoms with Crippen molar-refractivity contribution in [1.29, 1.82) is 0 Å². The number of amides is 3. The molecule has 1 aliphatic heterocycles. The van der Waals surface area contributed by atoms with E-state index in [0.29, 0.717) is 36.5 Å². The minimum absolute atomic E-state index is 0.0399. The van der Waals surface area contributed by atoms with Crippen molar-refractivity contribution < 1.29 is 37.4 Å². The van der Waals surface area contributed by atoms with Crippen molar-refractivity contribution in [3.8, 4) is 11.5 Å². The van der Waals surface area contributed by atoms with Crippen molar-refractivity contribution in [2.24, 2.45) is 0 Å². The third kappa shape index (κ3) is 6.16. The molecular formula is C27H34N2O8S. The number of rotatable bonds is 12. The second kappa shape index (κ2) is 12.0. The predicted octanol–water partition coefficient (Wildman–Crippen LogP) is 3.66. The zero-order chi connectivity index (χ0) is 28.2.